The number of nitrogens with two attached hydrogens (primary N) is 1. The van der Waals surface area contributed by atoms with E-state index in [0.717, 1.165) is 6.42 Å². The number of ether oxygens (including phenoxy) is 1. The third kappa shape index (κ3) is 3.24. The maximum Gasteiger partial charge on any atom is 0.314 e. The molecule has 0 heterocycles. The Morgan fingerprint density at radius 3 is 2.04 bits per heavy atom. The maximum absolute atomic E-state index is 13.3. The summed E-state index contributed by atoms with van der Waals surface area (Å²) in [6.45, 7) is 9.79. The van der Waals surface area contributed by atoms with Crippen molar-refractivity contribution in [3.63, 3.8) is 0 Å². The summed E-state index contributed by atoms with van der Waals surface area (Å²) >= 11 is 0. The van der Waals surface area contributed by atoms with E-state index >= 15 is 0 Å². The second-order valence-electron chi connectivity index (χ2n) is 10.7. The molecule has 0 radical (unpaired) electrons. The van der Waals surface area contributed by atoms with Gasteiger partial charge in [0.1, 0.15) is 5.60 Å². The molecule has 4 rings (SSSR count). The monoisotopic (exact) mass is 353 g/mol. The molecule has 5 heteroatoms. The molecule has 4 bridgehead atoms. The molecule has 4 fully saturated rings. The summed E-state index contributed by atoms with van der Waals surface area (Å²) in [4.78, 5) is 13.3. The largest absolute Gasteiger partial charge is 0.458 e. The Kier molecular flexibility index (Phi) is 4.15. The summed E-state index contributed by atoms with van der Waals surface area (Å²) < 4.78 is 6.13. The summed E-state index contributed by atoms with van der Waals surface area (Å²) in [6.07, 6.45) is 4.08. The first kappa shape index (κ1) is 19.1. The first-order valence-electron chi connectivity index (χ1n) is 9.67. The van der Waals surface area contributed by atoms with Gasteiger partial charge in [-0.1, -0.05) is 13.8 Å². The van der Waals surface area contributed by atoms with E-state index in [-0.39, 0.29) is 11.9 Å². The number of carbonyl (C=O) groups is 1. The number of hydrogen-bond acceptors (Lipinski definition) is 5. The van der Waals surface area contributed by atoms with E-state index in [9.17, 15) is 15.0 Å². The predicted molar refractivity (Wildman–Crippen MR) is 95.7 cm³/mol. The van der Waals surface area contributed by atoms with Gasteiger partial charge in [0.2, 0.25) is 0 Å². The van der Waals surface area contributed by atoms with Gasteiger partial charge in [-0.3, -0.25) is 4.79 Å². The molecule has 4 aliphatic rings. The lowest BCUT2D eigenvalue weighted by Gasteiger charge is -2.62. The fourth-order valence-electron chi connectivity index (χ4n) is 6.10. The SMILES string of the molecule is CC(C)CC(C)(C(=O)OC12CC3CC(O)(CC(O)(C3)C1)C2)C(C)(C)N. The minimum Gasteiger partial charge on any atom is -0.458 e. The quantitative estimate of drug-likeness (QED) is 0.661. The van der Waals surface area contributed by atoms with Crippen LogP contribution < -0.4 is 5.73 Å². The topological polar surface area (TPSA) is 92.8 Å². The third-order valence-corrected chi connectivity index (χ3v) is 6.96. The summed E-state index contributed by atoms with van der Waals surface area (Å²) in [5.74, 6) is 0.245. The molecule has 3 atom stereocenters. The number of hydrogen-bond donors (Lipinski definition) is 3. The van der Waals surface area contributed by atoms with Crippen molar-refractivity contribution in [2.75, 3.05) is 0 Å². The van der Waals surface area contributed by atoms with Gasteiger partial charge in [0.15, 0.2) is 0 Å². The van der Waals surface area contributed by atoms with Gasteiger partial charge in [-0.25, -0.2) is 0 Å². The van der Waals surface area contributed by atoms with Gasteiger partial charge in [0.25, 0.3) is 0 Å². The smallest absolute Gasteiger partial charge is 0.314 e. The van der Waals surface area contributed by atoms with Crippen LogP contribution in [0.1, 0.15) is 79.6 Å². The minimum atomic E-state index is -0.902. The van der Waals surface area contributed by atoms with E-state index in [1.807, 2.05) is 20.8 Å². The zero-order valence-electron chi connectivity index (χ0n) is 16.4. The van der Waals surface area contributed by atoms with Crippen LogP contribution in [0.4, 0.5) is 0 Å². The van der Waals surface area contributed by atoms with E-state index < -0.39 is 27.8 Å². The molecular weight excluding hydrogens is 318 g/mol. The van der Waals surface area contributed by atoms with Gasteiger partial charge in [0.05, 0.1) is 16.6 Å². The van der Waals surface area contributed by atoms with E-state index in [1.165, 1.54) is 0 Å². The lowest BCUT2D eigenvalue weighted by molar-refractivity contribution is -0.265. The fourth-order valence-corrected chi connectivity index (χ4v) is 6.10. The normalized spacial score (nSPS) is 42.5. The van der Waals surface area contributed by atoms with Crippen LogP contribution in [0.3, 0.4) is 0 Å². The second kappa shape index (κ2) is 5.43. The van der Waals surface area contributed by atoms with Crippen LogP contribution in [-0.2, 0) is 9.53 Å². The van der Waals surface area contributed by atoms with Gasteiger partial charge < -0.3 is 20.7 Å². The first-order chi connectivity index (χ1) is 11.2. The van der Waals surface area contributed by atoms with Gasteiger partial charge >= 0.3 is 5.97 Å². The summed E-state index contributed by atoms with van der Waals surface area (Å²) in [6, 6.07) is 0. The van der Waals surface area contributed by atoms with Crippen LogP contribution in [0.15, 0.2) is 0 Å². The highest BCUT2D eigenvalue weighted by atomic mass is 16.6. The number of esters is 1. The highest BCUT2D eigenvalue weighted by Gasteiger charge is 2.65. The molecule has 3 unspecified atom stereocenters. The summed E-state index contributed by atoms with van der Waals surface area (Å²) in [5, 5.41) is 21.8. The van der Waals surface area contributed by atoms with Gasteiger partial charge in [-0.15, -0.1) is 0 Å². The van der Waals surface area contributed by atoms with E-state index in [2.05, 4.69) is 13.8 Å². The van der Waals surface area contributed by atoms with E-state index in [0.29, 0.717) is 44.4 Å². The summed E-state index contributed by atoms with van der Waals surface area (Å²) in [7, 11) is 0. The van der Waals surface area contributed by atoms with Crippen LogP contribution in [-0.4, -0.2) is 38.5 Å². The van der Waals surface area contributed by atoms with Crippen LogP contribution in [0.2, 0.25) is 0 Å². The fraction of sp³-hybridized carbons (Fsp3) is 0.950. The molecule has 4 aliphatic carbocycles. The number of aliphatic hydroxyl groups is 2. The van der Waals surface area contributed by atoms with Crippen LogP contribution in [0.25, 0.3) is 0 Å². The number of rotatable bonds is 5. The van der Waals surface area contributed by atoms with Crippen molar-refractivity contribution < 1.29 is 19.7 Å². The maximum atomic E-state index is 13.3. The number of carbonyl (C=O) groups excluding carboxylic acids is 1. The average Bonchev–Trinajstić information content (AvgIpc) is 2.30. The Morgan fingerprint density at radius 2 is 1.64 bits per heavy atom. The highest BCUT2D eigenvalue weighted by Crippen LogP contribution is 2.61. The van der Waals surface area contributed by atoms with Crippen LogP contribution in [0, 0.1) is 17.3 Å². The average molecular weight is 354 g/mol. The standard InChI is InChI=1S/C20H35NO4/c1-13(2)6-17(5,16(3,4)21)15(22)25-20-9-14-7-18(23,11-20)10-19(24,8-14)12-20/h13-14,23-24H,6-12,21H2,1-5H3. The molecule has 0 saturated heterocycles. The van der Waals surface area contributed by atoms with Gasteiger partial charge in [0, 0.05) is 24.8 Å². The molecule has 0 aromatic heterocycles. The van der Waals surface area contributed by atoms with Crippen LogP contribution >= 0.6 is 0 Å². The molecule has 0 spiro atoms. The van der Waals surface area contributed by atoms with Crippen molar-refractivity contribution in [3.8, 4) is 0 Å². The molecule has 0 aliphatic heterocycles. The Balaban J connectivity index is 1.87. The van der Waals surface area contributed by atoms with Crippen molar-refractivity contribution >= 4 is 5.97 Å². The van der Waals surface area contributed by atoms with Crippen molar-refractivity contribution in [1.82, 2.24) is 0 Å². The Morgan fingerprint density at radius 1 is 1.12 bits per heavy atom. The molecule has 25 heavy (non-hydrogen) atoms. The predicted octanol–water partition coefficient (Wildman–Crippen LogP) is 2.52. The van der Waals surface area contributed by atoms with Crippen LogP contribution in [0.5, 0.6) is 0 Å². The van der Waals surface area contributed by atoms with E-state index in [1.54, 1.807) is 0 Å². The van der Waals surface area contributed by atoms with Crippen molar-refractivity contribution in [3.05, 3.63) is 0 Å². The lowest BCUT2D eigenvalue weighted by atomic mass is 9.50. The molecule has 4 saturated carbocycles. The molecule has 0 aromatic rings. The van der Waals surface area contributed by atoms with Crippen molar-refractivity contribution in [2.45, 2.75) is 102 Å². The van der Waals surface area contributed by atoms with Crippen molar-refractivity contribution in [1.29, 1.82) is 0 Å². The Bertz CT molecular complexity index is 549. The minimum absolute atomic E-state index is 0.223. The van der Waals surface area contributed by atoms with E-state index in [4.69, 9.17) is 10.5 Å². The zero-order chi connectivity index (χ0) is 18.9. The lowest BCUT2D eigenvalue weighted by Crippen LogP contribution is -2.68. The molecule has 5 nitrogen and oxygen atoms in total. The summed E-state index contributed by atoms with van der Waals surface area (Å²) in [5.41, 5.74) is 2.31. The Labute approximate surface area is 151 Å². The second-order valence-corrected chi connectivity index (χ2v) is 10.7. The molecular formula is C20H35NO4. The van der Waals surface area contributed by atoms with Crippen molar-refractivity contribution in [2.24, 2.45) is 23.0 Å². The zero-order valence-corrected chi connectivity index (χ0v) is 16.4. The molecule has 0 aromatic carbocycles. The first-order valence-corrected chi connectivity index (χ1v) is 9.67. The van der Waals surface area contributed by atoms with Gasteiger partial charge in [-0.05, 0) is 58.3 Å². The Hall–Kier alpha value is -0.650. The molecule has 144 valence electrons. The van der Waals surface area contributed by atoms with Gasteiger partial charge in [-0.2, -0.15) is 0 Å². The third-order valence-electron chi connectivity index (χ3n) is 6.96. The molecule has 4 N–H and O–H groups in total. The molecule has 0 amide bonds. The highest BCUT2D eigenvalue weighted by molar-refractivity contribution is 5.78.